The molecule has 1 rings (SSSR count). The molecule has 2 heteroatoms. The maximum absolute atomic E-state index is 9.77. The van der Waals surface area contributed by atoms with E-state index < -0.39 is 0 Å². The van der Waals surface area contributed by atoms with Gasteiger partial charge in [0.05, 0.1) is 0 Å². The third kappa shape index (κ3) is 4.99. The van der Waals surface area contributed by atoms with Gasteiger partial charge in [-0.2, -0.15) is 0 Å². The van der Waals surface area contributed by atoms with Crippen molar-refractivity contribution in [2.24, 2.45) is 0 Å². The Morgan fingerprint density at radius 3 is 1.72 bits per heavy atom. The van der Waals surface area contributed by atoms with Gasteiger partial charge < -0.3 is 10.2 Å². The number of benzene rings is 1. The van der Waals surface area contributed by atoms with E-state index in [9.17, 15) is 10.2 Å². The van der Waals surface area contributed by atoms with Crippen molar-refractivity contribution in [2.75, 3.05) is 0 Å². The number of hydrogen-bond acceptors (Lipinski definition) is 2. The van der Waals surface area contributed by atoms with Crippen LogP contribution in [0.3, 0.4) is 0 Å². The Morgan fingerprint density at radius 1 is 0.889 bits per heavy atom. The van der Waals surface area contributed by atoms with Crippen molar-refractivity contribution in [3.05, 3.63) is 23.3 Å². The molecule has 0 atom stereocenters. The van der Waals surface area contributed by atoms with Gasteiger partial charge in [-0.05, 0) is 29.5 Å². The number of rotatable bonds is 2. The van der Waals surface area contributed by atoms with Crippen LogP contribution in [-0.2, 0) is 11.8 Å². The number of aromatic hydroxyl groups is 2. The molecule has 18 heavy (non-hydrogen) atoms. The van der Waals surface area contributed by atoms with Crippen molar-refractivity contribution in [1.82, 2.24) is 0 Å². The fourth-order valence-electron chi connectivity index (χ4n) is 1.50. The van der Waals surface area contributed by atoms with Crippen molar-refractivity contribution in [1.29, 1.82) is 0 Å². The summed E-state index contributed by atoms with van der Waals surface area (Å²) in [7, 11) is 0. The summed E-state index contributed by atoms with van der Waals surface area (Å²) in [6.45, 7) is 12.3. The average molecular weight is 252 g/mol. The summed E-state index contributed by atoms with van der Waals surface area (Å²) in [5, 5.41) is 19.4. The Kier molecular flexibility index (Phi) is 6.82. The number of phenolic OH excluding ortho intramolecular Hbond substituents is 2. The fraction of sp³-hybridized carbons (Fsp3) is 0.625. The minimum Gasteiger partial charge on any atom is -0.508 e. The van der Waals surface area contributed by atoms with E-state index in [0.29, 0.717) is 0 Å². The van der Waals surface area contributed by atoms with Crippen molar-refractivity contribution < 1.29 is 10.2 Å². The molecular weight excluding hydrogens is 224 g/mol. The van der Waals surface area contributed by atoms with Crippen molar-refractivity contribution in [2.45, 2.75) is 66.2 Å². The van der Waals surface area contributed by atoms with Crippen molar-refractivity contribution in [3.8, 4) is 11.5 Å². The van der Waals surface area contributed by atoms with Gasteiger partial charge in [-0.1, -0.05) is 54.4 Å². The van der Waals surface area contributed by atoms with Crippen LogP contribution in [0.4, 0.5) is 0 Å². The van der Waals surface area contributed by atoms with Crippen LogP contribution >= 0.6 is 0 Å². The van der Waals surface area contributed by atoms with Gasteiger partial charge in [0, 0.05) is 5.56 Å². The fourth-order valence-corrected chi connectivity index (χ4v) is 1.50. The van der Waals surface area contributed by atoms with E-state index in [4.69, 9.17) is 0 Å². The summed E-state index contributed by atoms with van der Waals surface area (Å²) in [5.74, 6) is 0.544. The Balaban J connectivity index is 0.000000631. The van der Waals surface area contributed by atoms with E-state index >= 15 is 0 Å². The third-order valence-corrected chi connectivity index (χ3v) is 2.89. The van der Waals surface area contributed by atoms with Gasteiger partial charge in [0.25, 0.3) is 0 Å². The highest BCUT2D eigenvalue weighted by molar-refractivity contribution is 5.47. The smallest absolute Gasteiger partial charge is 0.119 e. The van der Waals surface area contributed by atoms with E-state index in [-0.39, 0.29) is 16.9 Å². The molecule has 104 valence electrons. The summed E-state index contributed by atoms with van der Waals surface area (Å²) >= 11 is 0. The normalized spacial score (nSPS) is 10.8. The molecular formula is C16H28O2. The van der Waals surface area contributed by atoms with E-state index in [1.165, 1.54) is 12.8 Å². The maximum Gasteiger partial charge on any atom is 0.119 e. The highest BCUT2D eigenvalue weighted by Gasteiger charge is 2.19. The first-order valence-corrected chi connectivity index (χ1v) is 6.83. The zero-order valence-electron chi connectivity index (χ0n) is 12.7. The van der Waals surface area contributed by atoms with Gasteiger partial charge in [-0.25, -0.2) is 0 Å². The molecule has 1 aromatic rings. The molecule has 0 aliphatic carbocycles. The van der Waals surface area contributed by atoms with Gasteiger partial charge >= 0.3 is 0 Å². The van der Waals surface area contributed by atoms with E-state index in [1.54, 1.807) is 12.1 Å². The first kappa shape index (κ1) is 16.8. The van der Waals surface area contributed by atoms with Crippen LogP contribution < -0.4 is 0 Å². The van der Waals surface area contributed by atoms with Crippen LogP contribution in [0.5, 0.6) is 11.5 Å². The standard InChI is InChI=1S/C12H18O2.C4H10/c1-5-8-6-11(14)9(7-10(8)13)12(2,3)4;1-3-4-2/h6-7,13-14H,5H2,1-4H3;3-4H2,1-2H3. The molecule has 0 heterocycles. The Morgan fingerprint density at radius 2 is 1.39 bits per heavy atom. The van der Waals surface area contributed by atoms with Crippen molar-refractivity contribution >= 4 is 0 Å². The molecule has 0 bridgehead atoms. The van der Waals surface area contributed by atoms with Gasteiger partial charge in [-0.3, -0.25) is 0 Å². The maximum atomic E-state index is 9.77. The molecule has 0 radical (unpaired) electrons. The molecule has 0 aromatic heterocycles. The quantitative estimate of drug-likeness (QED) is 0.745. The van der Waals surface area contributed by atoms with Crippen LogP contribution in [0, 0.1) is 0 Å². The number of phenols is 2. The van der Waals surface area contributed by atoms with Crippen molar-refractivity contribution in [3.63, 3.8) is 0 Å². The lowest BCUT2D eigenvalue weighted by Crippen LogP contribution is -2.11. The molecule has 0 saturated carbocycles. The predicted molar refractivity (Wildman–Crippen MR) is 78.4 cm³/mol. The minimum absolute atomic E-state index is 0.145. The molecule has 0 unspecified atom stereocenters. The summed E-state index contributed by atoms with van der Waals surface area (Å²) in [4.78, 5) is 0. The minimum atomic E-state index is -0.145. The van der Waals surface area contributed by atoms with E-state index in [0.717, 1.165) is 17.5 Å². The SMILES string of the molecule is CCCC.CCc1cc(O)c(C(C)(C)C)cc1O. The molecule has 0 spiro atoms. The monoisotopic (exact) mass is 252 g/mol. The first-order chi connectivity index (χ1) is 8.27. The Labute approximate surface area is 112 Å². The van der Waals surface area contributed by atoms with Gasteiger partial charge in [0.2, 0.25) is 0 Å². The average Bonchev–Trinajstić information content (AvgIpc) is 2.30. The van der Waals surface area contributed by atoms with Crippen LogP contribution in [0.25, 0.3) is 0 Å². The summed E-state index contributed by atoms with van der Waals surface area (Å²) < 4.78 is 0. The van der Waals surface area contributed by atoms with E-state index in [1.807, 2.05) is 27.7 Å². The highest BCUT2D eigenvalue weighted by Crippen LogP contribution is 2.35. The molecule has 0 aliphatic rings. The topological polar surface area (TPSA) is 40.5 Å². The van der Waals surface area contributed by atoms with Crippen LogP contribution in [0.2, 0.25) is 0 Å². The zero-order chi connectivity index (χ0) is 14.3. The molecule has 0 saturated heterocycles. The molecule has 1 aromatic carbocycles. The number of unbranched alkanes of at least 4 members (excludes halogenated alkanes) is 1. The van der Waals surface area contributed by atoms with Gasteiger partial charge in [0.15, 0.2) is 0 Å². The first-order valence-electron chi connectivity index (χ1n) is 6.83. The second-order valence-electron chi connectivity index (χ2n) is 5.60. The third-order valence-electron chi connectivity index (χ3n) is 2.89. The Hall–Kier alpha value is -1.18. The van der Waals surface area contributed by atoms with Gasteiger partial charge in [0.1, 0.15) is 11.5 Å². The molecule has 2 nitrogen and oxygen atoms in total. The number of hydrogen-bond donors (Lipinski definition) is 2. The lowest BCUT2D eigenvalue weighted by molar-refractivity contribution is 0.431. The molecule has 0 amide bonds. The van der Waals surface area contributed by atoms with Crippen LogP contribution in [0.15, 0.2) is 12.1 Å². The Bertz CT molecular complexity index is 360. The molecule has 0 aliphatic heterocycles. The largest absolute Gasteiger partial charge is 0.508 e. The second kappa shape index (κ2) is 7.30. The summed E-state index contributed by atoms with van der Waals surface area (Å²) in [5.41, 5.74) is 1.43. The molecule has 2 N–H and O–H groups in total. The van der Waals surface area contributed by atoms with Crippen LogP contribution in [0.1, 0.15) is 65.5 Å². The lowest BCUT2D eigenvalue weighted by atomic mass is 9.85. The lowest BCUT2D eigenvalue weighted by Gasteiger charge is -2.21. The van der Waals surface area contributed by atoms with E-state index in [2.05, 4.69) is 13.8 Å². The zero-order valence-corrected chi connectivity index (χ0v) is 12.7. The predicted octanol–water partition coefficient (Wildman–Crippen LogP) is 4.76. The van der Waals surface area contributed by atoms with Gasteiger partial charge in [-0.15, -0.1) is 0 Å². The van der Waals surface area contributed by atoms with Crippen LogP contribution in [-0.4, -0.2) is 10.2 Å². The highest BCUT2D eigenvalue weighted by atomic mass is 16.3. The second-order valence-corrected chi connectivity index (χ2v) is 5.60. The molecule has 0 fully saturated rings. The summed E-state index contributed by atoms with van der Waals surface area (Å²) in [6.07, 6.45) is 3.36. The number of aryl methyl sites for hydroxylation is 1. The summed E-state index contributed by atoms with van der Waals surface area (Å²) in [6, 6.07) is 3.31.